The first-order valence-electron chi connectivity index (χ1n) is 7.32. The molecule has 0 fully saturated rings. The fourth-order valence-electron chi connectivity index (χ4n) is 1.93. The molecule has 1 rings (SSSR count). The first kappa shape index (κ1) is 17.8. The third-order valence-electron chi connectivity index (χ3n) is 2.78. The molecular formula is C16H24N4O2. The predicted octanol–water partition coefficient (Wildman–Crippen LogP) is 2.90. The highest BCUT2D eigenvalue weighted by Gasteiger charge is 2.15. The van der Waals surface area contributed by atoms with Gasteiger partial charge in [-0.1, -0.05) is 0 Å². The summed E-state index contributed by atoms with van der Waals surface area (Å²) in [6.07, 6.45) is 0.311. The van der Waals surface area contributed by atoms with Crippen LogP contribution in [0.4, 0.5) is 10.5 Å². The maximum absolute atomic E-state index is 11.5. The third kappa shape index (κ3) is 6.00. The van der Waals surface area contributed by atoms with Gasteiger partial charge in [0.05, 0.1) is 16.9 Å². The quantitative estimate of drug-likeness (QED) is 0.817. The van der Waals surface area contributed by atoms with Crippen LogP contribution in [-0.4, -0.2) is 29.8 Å². The molecular weight excluding hydrogens is 280 g/mol. The number of hydrogen-bond donors (Lipinski definition) is 2. The van der Waals surface area contributed by atoms with E-state index in [1.807, 2.05) is 40.7 Å². The van der Waals surface area contributed by atoms with Gasteiger partial charge in [-0.15, -0.1) is 0 Å². The van der Waals surface area contributed by atoms with Gasteiger partial charge >= 0.3 is 6.09 Å². The average Bonchev–Trinajstić information content (AvgIpc) is 2.35. The number of aromatic nitrogens is 1. The van der Waals surface area contributed by atoms with Gasteiger partial charge in [-0.25, -0.2) is 4.79 Å². The topological polar surface area (TPSA) is 87.0 Å². The Morgan fingerprint density at radius 1 is 1.36 bits per heavy atom. The van der Waals surface area contributed by atoms with Crippen LogP contribution in [0.25, 0.3) is 0 Å². The number of rotatable bonds is 5. The molecule has 120 valence electrons. The highest BCUT2D eigenvalue weighted by Crippen LogP contribution is 2.18. The first-order chi connectivity index (χ1) is 10.2. The Morgan fingerprint density at radius 2 is 2.05 bits per heavy atom. The molecule has 0 bridgehead atoms. The van der Waals surface area contributed by atoms with Crippen molar-refractivity contribution >= 4 is 11.8 Å². The summed E-state index contributed by atoms with van der Waals surface area (Å²) in [7, 11) is 0. The van der Waals surface area contributed by atoms with Gasteiger partial charge in [-0.05, 0) is 47.1 Å². The van der Waals surface area contributed by atoms with Crippen LogP contribution in [0, 0.1) is 25.2 Å². The Bertz CT molecular complexity index is 571. The molecule has 0 saturated heterocycles. The van der Waals surface area contributed by atoms with Crippen molar-refractivity contribution in [3.8, 4) is 6.07 Å². The van der Waals surface area contributed by atoms with Crippen molar-refractivity contribution in [1.82, 2.24) is 10.3 Å². The minimum absolute atomic E-state index is 0.416. The molecule has 0 radical (unpaired) electrons. The van der Waals surface area contributed by atoms with Crippen LogP contribution in [0.15, 0.2) is 6.07 Å². The molecule has 2 N–H and O–H groups in total. The van der Waals surface area contributed by atoms with E-state index in [0.717, 1.165) is 23.5 Å². The number of carbonyl (C=O) groups is 1. The van der Waals surface area contributed by atoms with E-state index in [4.69, 9.17) is 4.74 Å². The normalized spacial score (nSPS) is 10.7. The van der Waals surface area contributed by atoms with Gasteiger partial charge in [0.15, 0.2) is 0 Å². The summed E-state index contributed by atoms with van der Waals surface area (Å²) in [5, 5.41) is 15.1. The zero-order chi connectivity index (χ0) is 16.8. The fourth-order valence-corrected chi connectivity index (χ4v) is 1.93. The second kappa shape index (κ2) is 7.64. The zero-order valence-electron chi connectivity index (χ0n) is 13.9. The predicted molar refractivity (Wildman–Crippen MR) is 85.8 cm³/mol. The third-order valence-corrected chi connectivity index (χ3v) is 2.78. The lowest BCUT2D eigenvalue weighted by molar-refractivity contribution is 0.0528. The lowest BCUT2D eigenvalue weighted by Crippen LogP contribution is -2.33. The number of alkyl carbamates (subject to hydrolysis) is 1. The van der Waals surface area contributed by atoms with Crippen molar-refractivity contribution in [3.63, 3.8) is 0 Å². The second-order valence-corrected chi connectivity index (χ2v) is 6.09. The van der Waals surface area contributed by atoms with E-state index in [9.17, 15) is 10.1 Å². The number of hydrogen-bond acceptors (Lipinski definition) is 5. The smallest absolute Gasteiger partial charge is 0.407 e. The van der Waals surface area contributed by atoms with Crippen molar-refractivity contribution in [1.29, 1.82) is 5.26 Å². The summed E-state index contributed by atoms with van der Waals surface area (Å²) < 4.78 is 5.15. The van der Waals surface area contributed by atoms with E-state index in [1.54, 1.807) is 0 Å². The van der Waals surface area contributed by atoms with E-state index in [0.29, 0.717) is 18.7 Å². The highest BCUT2D eigenvalue weighted by atomic mass is 16.6. The minimum Gasteiger partial charge on any atom is -0.444 e. The fraction of sp³-hybridized carbons (Fsp3) is 0.562. The number of pyridine rings is 1. The Morgan fingerprint density at radius 3 is 2.64 bits per heavy atom. The van der Waals surface area contributed by atoms with Gasteiger partial charge in [0.25, 0.3) is 0 Å². The molecule has 1 aromatic rings. The largest absolute Gasteiger partial charge is 0.444 e. The molecule has 1 heterocycles. The van der Waals surface area contributed by atoms with Crippen LogP contribution in [0.5, 0.6) is 0 Å². The molecule has 1 amide bonds. The standard InChI is InChI=1S/C16H24N4O2/c1-11-9-14(13(10-17)12(2)20-11)18-7-6-8-19-15(21)22-16(3,4)5/h9H,6-8H2,1-5H3,(H,18,20)(H,19,21). The Kier molecular flexibility index (Phi) is 6.17. The Labute approximate surface area is 131 Å². The van der Waals surface area contributed by atoms with Gasteiger partial charge in [0.2, 0.25) is 0 Å². The molecule has 0 saturated carbocycles. The van der Waals surface area contributed by atoms with Crippen molar-refractivity contribution in [3.05, 3.63) is 23.0 Å². The summed E-state index contributed by atoms with van der Waals surface area (Å²) in [5.41, 5.74) is 2.44. The summed E-state index contributed by atoms with van der Waals surface area (Å²) in [6.45, 7) is 10.3. The van der Waals surface area contributed by atoms with Gasteiger partial charge in [-0.2, -0.15) is 5.26 Å². The number of anilines is 1. The molecule has 22 heavy (non-hydrogen) atoms. The molecule has 0 aromatic carbocycles. The number of ether oxygens (including phenoxy) is 1. The van der Waals surface area contributed by atoms with E-state index in [1.165, 1.54) is 0 Å². The van der Waals surface area contributed by atoms with Crippen molar-refractivity contribution < 1.29 is 9.53 Å². The molecule has 1 aromatic heterocycles. The zero-order valence-corrected chi connectivity index (χ0v) is 13.9. The maximum atomic E-state index is 11.5. The molecule has 0 unspecified atom stereocenters. The van der Waals surface area contributed by atoms with Gasteiger partial charge in [0, 0.05) is 18.8 Å². The molecule has 0 aliphatic heterocycles. The number of nitrogens with one attached hydrogen (secondary N) is 2. The highest BCUT2D eigenvalue weighted by molar-refractivity contribution is 5.67. The number of carbonyl (C=O) groups excluding carboxylic acids is 1. The van der Waals surface area contributed by atoms with Crippen molar-refractivity contribution in [2.45, 2.75) is 46.6 Å². The molecule has 0 spiro atoms. The van der Waals surface area contributed by atoms with Crippen molar-refractivity contribution in [2.24, 2.45) is 0 Å². The van der Waals surface area contributed by atoms with Crippen LogP contribution < -0.4 is 10.6 Å². The van der Waals surface area contributed by atoms with Crippen LogP contribution in [0.2, 0.25) is 0 Å². The van der Waals surface area contributed by atoms with E-state index in [2.05, 4.69) is 21.7 Å². The molecule has 0 aliphatic rings. The van der Waals surface area contributed by atoms with E-state index >= 15 is 0 Å². The van der Waals surface area contributed by atoms with Crippen molar-refractivity contribution in [2.75, 3.05) is 18.4 Å². The molecule has 6 heteroatoms. The van der Waals surface area contributed by atoms with Crippen LogP contribution in [0.1, 0.15) is 44.1 Å². The maximum Gasteiger partial charge on any atom is 0.407 e. The van der Waals surface area contributed by atoms with Gasteiger partial charge in [0.1, 0.15) is 11.7 Å². The van der Waals surface area contributed by atoms with Crippen LogP contribution >= 0.6 is 0 Å². The van der Waals surface area contributed by atoms with E-state index < -0.39 is 11.7 Å². The van der Waals surface area contributed by atoms with E-state index in [-0.39, 0.29) is 0 Å². The van der Waals surface area contributed by atoms with Crippen LogP contribution in [-0.2, 0) is 4.74 Å². The minimum atomic E-state index is -0.490. The average molecular weight is 304 g/mol. The SMILES string of the molecule is Cc1cc(NCCCNC(=O)OC(C)(C)C)c(C#N)c(C)n1. The second-order valence-electron chi connectivity index (χ2n) is 6.09. The lowest BCUT2D eigenvalue weighted by atomic mass is 10.1. The summed E-state index contributed by atoms with van der Waals surface area (Å²) >= 11 is 0. The molecule has 6 nitrogen and oxygen atoms in total. The summed E-state index contributed by atoms with van der Waals surface area (Å²) in [5.74, 6) is 0. The number of aryl methyl sites for hydroxylation is 2. The van der Waals surface area contributed by atoms with Gasteiger partial charge < -0.3 is 15.4 Å². The number of amides is 1. The lowest BCUT2D eigenvalue weighted by Gasteiger charge is -2.19. The summed E-state index contributed by atoms with van der Waals surface area (Å²) in [4.78, 5) is 15.7. The number of nitriles is 1. The summed E-state index contributed by atoms with van der Waals surface area (Å²) in [6, 6.07) is 4.02. The monoisotopic (exact) mass is 304 g/mol. The van der Waals surface area contributed by atoms with Crippen LogP contribution in [0.3, 0.4) is 0 Å². The van der Waals surface area contributed by atoms with Gasteiger partial charge in [-0.3, -0.25) is 4.98 Å². The Hall–Kier alpha value is -2.29. The molecule has 0 atom stereocenters. The Balaban J connectivity index is 2.40. The molecule has 0 aliphatic carbocycles. The first-order valence-corrected chi connectivity index (χ1v) is 7.32. The number of nitrogens with zero attached hydrogens (tertiary/aromatic N) is 2.